The summed E-state index contributed by atoms with van der Waals surface area (Å²) in [6.07, 6.45) is 6.39. The minimum Gasteiger partial charge on any atom is -0.375 e. The summed E-state index contributed by atoms with van der Waals surface area (Å²) in [4.78, 5) is 24.8. The van der Waals surface area contributed by atoms with Crippen LogP contribution < -0.4 is 10.6 Å². The van der Waals surface area contributed by atoms with E-state index in [1.165, 1.54) is 0 Å². The molecule has 0 bridgehead atoms. The third-order valence-corrected chi connectivity index (χ3v) is 8.12. The summed E-state index contributed by atoms with van der Waals surface area (Å²) in [5.41, 5.74) is -0.309. The van der Waals surface area contributed by atoms with Crippen molar-refractivity contribution in [1.29, 1.82) is 0 Å². The van der Waals surface area contributed by atoms with Crippen LogP contribution in [-0.2, 0) is 14.3 Å². The lowest BCUT2D eigenvalue weighted by atomic mass is 9.78. The van der Waals surface area contributed by atoms with Gasteiger partial charge in [0, 0.05) is 31.9 Å². The standard InChI is InChI=1S/C26H52N2O3S/c1-9-14-22(29)27-17-15-26(12-4,13-5)31-19-16-25(10-2,11-3)23(30)28-18-20-32-21-24(6,7)8/h9-21H2,1-8H3,(H,27,29)(H,28,30). The van der Waals surface area contributed by atoms with Gasteiger partial charge in [-0.1, -0.05) is 55.4 Å². The fourth-order valence-electron chi connectivity index (χ4n) is 3.93. The van der Waals surface area contributed by atoms with Gasteiger partial charge in [-0.05, 0) is 56.1 Å². The molecule has 32 heavy (non-hydrogen) atoms. The molecule has 2 amide bonds. The number of rotatable bonds is 18. The molecule has 5 nitrogen and oxygen atoms in total. The largest absolute Gasteiger partial charge is 0.375 e. The maximum atomic E-state index is 13.1. The van der Waals surface area contributed by atoms with Gasteiger partial charge in [-0.2, -0.15) is 11.8 Å². The Morgan fingerprint density at radius 2 is 1.47 bits per heavy atom. The Bertz CT molecular complexity index is 524. The second-order valence-corrected chi connectivity index (χ2v) is 11.3. The molecule has 0 atom stereocenters. The van der Waals surface area contributed by atoms with E-state index in [0.29, 0.717) is 31.5 Å². The molecule has 0 aromatic carbocycles. The molecular weight excluding hydrogens is 420 g/mol. The minimum atomic E-state index is -0.378. The van der Waals surface area contributed by atoms with Crippen LogP contribution in [0, 0.1) is 10.8 Å². The van der Waals surface area contributed by atoms with Crippen LogP contribution >= 0.6 is 11.8 Å². The quantitative estimate of drug-likeness (QED) is 0.242. The Kier molecular flexibility index (Phi) is 15.6. The highest BCUT2D eigenvalue weighted by atomic mass is 32.2. The zero-order chi connectivity index (χ0) is 24.7. The fourth-order valence-corrected chi connectivity index (χ4v) is 4.93. The van der Waals surface area contributed by atoms with E-state index in [2.05, 4.69) is 59.1 Å². The molecule has 0 aromatic heterocycles. The molecule has 0 rings (SSSR count). The van der Waals surface area contributed by atoms with Crippen molar-refractivity contribution in [1.82, 2.24) is 10.6 Å². The molecule has 0 aliphatic heterocycles. The minimum absolute atomic E-state index is 0.113. The molecule has 0 aliphatic rings. The number of hydrogen-bond donors (Lipinski definition) is 2. The summed E-state index contributed by atoms with van der Waals surface area (Å²) in [5, 5.41) is 6.20. The zero-order valence-electron chi connectivity index (χ0n) is 22.3. The molecule has 0 spiro atoms. The van der Waals surface area contributed by atoms with Crippen molar-refractivity contribution < 1.29 is 14.3 Å². The fraction of sp³-hybridized carbons (Fsp3) is 0.923. The van der Waals surface area contributed by atoms with Gasteiger partial charge in [0.05, 0.1) is 11.0 Å². The van der Waals surface area contributed by atoms with E-state index in [9.17, 15) is 9.59 Å². The Morgan fingerprint density at radius 1 is 0.844 bits per heavy atom. The average Bonchev–Trinajstić information content (AvgIpc) is 2.75. The Balaban J connectivity index is 4.73. The monoisotopic (exact) mass is 472 g/mol. The van der Waals surface area contributed by atoms with Crippen molar-refractivity contribution in [3.8, 4) is 0 Å². The first-order valence-electron chi connectivity index (χ1n) is 12.8. The van der Waals surface area contributed by atoms with Crippen LogP contribution in [0.4, 0.5) is 0 Å². The second kappa shape index (κ2) is 16.0. The normalized spacial score (nSPS) is 12.6. The van der Waals surface area contributed by atoms with Crippen molar-refractivity contribution in [2.75, 3.05) is 31.2 Å². The van der Waals surface area contributed by atoms with Crippen LogP contribution in [-0.4, -0.2) is 48.6 Å². The first kappa shape index (κ1) is 31.2. The van der Waals surface area contributed by atoms with Crippen LogP contribution in [0.25, 0.3) is 0 Å². The van der Waals surface area contributed by atoms with Crippen molar-refractivity contribution in [3.05, 3.63) is 0 Å². The number of carbonyl (C=O) groups is 2. The molecule has 0 heterocycles. The van der Waals surface area contributed by atoms with Gasteiger partial charge in [0.15, 0.2) is 0 Å². The molecule has 0 aromatic rings. The predicted octanol–water partition coefficient (Wildman–Crippen LogP) is 5.96. The van der Waals surface area contributed by atoms with Crippen LogP contribution in [0.5, 0.6) is 0 Å². The topological polar surface area (TPSA) is 67.4 Å². The van der Waals surface area contributed by atoms with Gasteiger partial charge < -0.3 is 15.4 Å². The molecule has 0 saturated carbocycles. The number of hydrogen-bond acceptors (Lipinski definition) is 4. The van der Waals surface area contributed by atoms with Gasteiger partial charge in [0.25, 0.3) is 0 Å². The second-order valence-electron chi connectivity index (χ2n) is 10.2. The molecule has 0 radical (unpaired) electrons. The molecule has 190 valence electrons. The van der Waals surface area contributed by atoms with Gasteiger partial charge >= 0.3 is 0 Å². The van der Waals surface area contributed by atoms with E-state index in [1.807, 2.05) is 18.7 Å². The van der Waals surface area contributed by atoms with E-state index in [0.717, 1.165) is 56.5 Å². The number of nitrogens with one attached hydrogen (secondary N) is 2. The molecule has 0 aliphatic carbocycles. The molecule has 0 unspecified atom stereocenters. The Labute approximate surface area is 203 Å². The van der Waals surface area contributed by atoms with Crippen LogP contribution in [0.3, 0.4) is 0 Å². The first-order chi connectivity index (χ1) is 15.0. The third-order valence-electron chi connectivity index (χ3n) is 6.56. The maximum absolute atomic E-state index is 13.1. The van der Waals surface area contributed by atoms with Gasteiger partial charge in [0.2, 0.25) is 11.8 Å². The summed E-state index contributed by atoms with van der Waals surface area (Å²) >= 11 is 1.90. The van der Waals surface area contributed by atoms with Crippen molar-refractivity contribution in [2.24, 2.45) is 10.8 Å². The SMILES string of the molecule is CCCC(=O)NCCC(CC)(CC)OCCC(CC)(CC)C(=O)NCCSCC(C)(C)C. The molecule has 2 N–H and O–H groups in total. The van der Waals surface area contributed by atoms with Gasteiger partial charge in [-0.3, -0.25) is 9.59 Å². The van der Waals surface area contributed by atoms with Crippen LogP contribution in [0.15, 0.2) is 0 Å². The van der Waals surface area contributed by atoms with Gasteiger partial charge in [-0.15, -0.1) is 0 Å². The average molecular weight is 473 g/mol. The van der Waals surface area contributed by atoms with Crippen LogP contribution in [0.2, 0.25) is 0 Å². The van der Waals surface area contributed by atoms with E-state index in [1.54, 1.807) is 0 Å². The zero-order valence-corrected chi connectivity index (χ0v) is 23.1. The predicted molar refractivity (Wildman–Crippen MR) is 139 cm³/mol. The summed E-state index contributed by atoms with van der Waals surface area (Å²) < 4.78 is 6.42. The smallest absolute Gasteiger partial charge is 0.226 e. The number of thioether (sulfide) groups is 1. The van der Waals surface area contributed by atoms with E-state index >= 15 is 0 Å². The molecule has 6 heteroatoms. The highest BCUT2D eigenvalue weighted by Gasteiger charge is 2.36. The number of carbonyl (C=O) groups excluding carboxylic acids is 2. The summed E-state index contributed by atoms with van der Waals surface area (Å²) in [6, 6.07) is 0. The first-order valence-corrected chi connectivity index (χ1v) is 14.0. The lowest BCUT2D eigenvalue weighted by molar-refractivity contribution is -0.135. The van der Waals surface area contributed by atoms with Crippen molar-refractivity contribution in [2.45, 2.75) is 112 Å². The van der Waals surface area contributed by atoms with E-state index < -0.39 is 0 Å². The number of ether oxygens (including phenoxy) is 1. The number of amides is 2. The van der Waals surface area contributed by atoms with Crippen molar-refractivity contribution in [3.63, 3.8) is 0 Å². The molecule has 0 saturated heterocycles. The molecule has 0 fully saturated rings. The summed E-state index contributed by atoms with van der Waals surface area (Å²) in [7, 11) is 0. The van der Waals surface area contributed by atoms with Gasteiger partial charge in [0.1, 0.15) is 0 Å². The van der Waals surface area contributed by atoms with E-state index in [-0.39, 0.29) is 22.8 Å². The third kappa shape index (κ3) is 11.9. The Morgan fingerprint density at radius 3 is 1.97 bits per heavy atom. The lowest BCUT2D eigenvalue weighted by Crippen LogP contribution is -2.43. The van der Waals surface area contributed by atoms with Gasteiger partial charge in [-0.25, -0.2) is 0 Å². The maximum Gasteiger partial charge on any atom is 0.226 e. The van der Waals surface area contributed by atoms with Crippen LogP contribution in [0.1, 0.15) is 107 Å². The summed E-state index contributed by atoms with van der Waals surface area (Å²) in [6.45, 7) is 19.2. The van der Waals surface area contributed by atoms with Crippen molar-refractivity contribution >= 4 is 23.6 Å². The molecular formula is C26H52N2O3S. The lowest BCUT2D eigenvalue weighted by Gasteiger charge is -2.35. The highest BCUT2D eigenvalue weighted by Crippen LogP contribution is 2.33. The highest BCUT2D eigenvalue weighted by molar-refractivity contribution is 7.99. The summed E-state index contributed by atoms with van der Waals surface area (Å²) in [5.74, 6) is 2.31. The van der Waals surface area contributed by atoms with E-state index in [4.69, 9.17) is 4.74 Å². The Hall–Kier alpha value is -0.750.